The number of nitrogens with zero attached hydrogens (tertiary/aromatic N) is 1. The van der Waals surface area contributed by atoms with E-state index in [0.717, 1.165) is 11.2 Å². The van der Waals surface area contributed by atoms with Crippen LogP contribution in [0, 0.1) is 6.92 Å². The van der Waals surface area contributed by atoms with E-state index in [1.54, 1.807) is 11.3 Å². The Labute approximate surface area is 110 Å². The van der Waals surface area contributed by atoms with E-state index in [4.69, 9.17) is 0 Å². The third-order valence-corrected chi connectivity index (χ3v) is 3.56. The summed E-state index contributed by atoms with van der Waals surface area (Å²) >= 11 is 1.71. The maximum absolute atomic E-state index is 4.63. The lowest BCUT2D eigenvalue weighted by molar-refractivity contribution is 1.36. The van der Waals surface area contributed by atoms with Gasteiger partial charge in [0.2, 0.25) is 0 Å². The number of rotatable bonds is 2. The molecule has 0 atom stereocenters. The average molecular weight is 251 g/mol. The molecule has 1 nitrogen and oxygen atoms in total. The summed E-state index contributed by atoms with van der Waals surface area (Å²) in [6.07, 6.45) is 4.15. The van der Waals surface area contributed by atoms with Crippen molar-refractivity contribution in [2.24, 2.45) is 0 Å². The van der Waals surface area contributed by atoms with Gasteiger partial charge in [-0.1, -0.05) is 23.8 Å². The third-order valence-electron chi connectivity index (χ3n) is 2.86. The number of pyridine rings is 1. The topological polar surface area (TPSA) is 12.9 Å². The van der Waals surface area contributed by atoms with Gasteiger partial charge in [0, 0.05) is 5.39 Å². The molecule has 0 amide bonds. The van der Waals surface area contributed by atoms with Crippen LogP contribution in [0.4, 0.5) is 0 Å². The Bertz CT molecular complexity index is 696. The summed E-state index contributed by atoms with van der Waals surface area (Å²) in [4.78, 5) is 4.63. The second-order valence-electron chi connectivity index (χ2n) is 4.32. The maximum atomic E-state index is 4.63. The van der Waals surface area contributed by atoms with Crippen LogP contribution in [0.15, 0.2) is 47.2 Å². The van der Waals surface area contributed by atoms with Crippen LogP contribution >= 0.6 is 11.3 Å². The number of thiophene rings is 1. The highest BCUT2D eigenvalue weighted by Gasteiger charge is 1.96. The molecule has 0 aliphatic rings. The molecule has 0 unspecified atom stereocenters. The quantitative estimate of drug-likeness (QED) is 0.639. The van der Waals surface area contributed by atoms with Crippen molar-refractivity contribution in [3.05, 3.63) is 64.0 Å². The monoisotopic (exact) mass is 251 g/mol. The Hall–Kier alpha value is -1.93. The largest absolute Gasteiger partial charge is 0.248 e. The van der Waals surface area contributed by atoms with Crippen molar-refractivity contribution in [2.45, 2.75) is 6.92 Å². The van der Waals surface area contributed by atoms with Crippen LogP contribution in [0.25, 0.3) is 23.1 Å². The van der Waals surface area contributed by atoms with Crippen LogP contribution in [0.5, 0.6) is 0 Å². The smallest absolute Gasteiger partial charge is 0.0709 e. The van der Waals surface area contributed by atoms with Crippen molar-refractivity contribution < 1.29 is 0 Å². The summed E-state index contributed by atoms with van der Waals surface area (Å²) < 4.78 is 0. The van der Waals surface area contributed by atoms with Crippen LogP contribution in [0.3, 0.4) is 0 Å². The van der Waals surface area contributed by atoms with Gasteiger partial charge in [-0.15, -0.1) is 0 Å². The molecule has 2 aromatic heterocycles. The van der Waals surface area contributed by atoms with Crippen LogP contribution in [0.2, 0.25) is 0 Å². The number of hydrogen-bond acceptors (Lipinski definition) is 2. The molecule has 3 rings (SSSR count). The molecule has 0 saturated heterocycles. The first kappa shape index (κ1) is 11.2. The fraction of sp³-hybridized carbons (Fsp3) is 0.0625. The van der Waals surface area contributed by atoms with Crippen LogP contribution in [0.1, 0.15) is 16.8 Å². The van der Waals surface area contributed by atoms with Crippen molar-refractivity contribution in [2.75, 3.05) is 0 Å². The first-order valence-electron chi connectivity index (χ1n) is 5.89. The molecule has 0 saturated carbocycles. The molecule has 2 heterocycles. The zero-order valence-corrected chi connectivity index (χ0v) is 10.9. The third kappa shape index (κ3) is 2.34. The van der Waals surface area contributed by atoms with Gasteiger partial charge in [-0.25, -0.2) is 4.98 Å². The second-order valence-corrected chi connectivity index (χ2v) is 5.10. The van der Waals surface area contributed by atoms with Crippen LogP contribution in [-0.4, -0.2) is 4.98 Å². The summed E-state index contributed by atoms with van der Waals surface area (Å²) in [5.41, 5.74) is 4.54. The summed E-state index contributed by atoms with van der Waals surface area (Å²) in [5, 5.41) is 5.40. The minimum absolute atomic E-state index is 0.998. The molecule has 0 aliphatic heterocycles. The number of aromatic nitrogens is 1. The van der Waals surface area contributed by atoms with Crippen molar-refractivity contribution >= 4 is 34.4 Å². The fourth-order valence-electron chi connectivity index (χ4n) is 1.91. The molecule has 0 radical (unpaired) electrons. The number of benzene rings is 1. The summed E-state index contributed by atoms with van der Waals surface area (Å²) in [7, 11) is 0. The lowest BCUT2D eigenvalue weighted by Crippen LogP contribution is -1.83. The molecule has 3 aromatic rings. The van der Waals surface area contributed by atoms with Crippen molar-refractivity contribution in [3.8, 4) is 0 Å². The Morgan fingerprint density at radius 1 is 1.06 bits per heavy atom. The van der Waals surface area contributed by atoms with Gasteiger partial charge in [-0.05, 0) is 53.6 Å². The van der Waals surface area contributed by atoms with Crippen molar-refractivity contribution in [3.63, 3.8) is 0 Å². The molecule has 88 valence electrons. The molecule has 0 spiro atoms. The van der Waals surface area contributed by atoms with Gasteiger partial charge < -0.3 is 0 Å². The lowest BCUT2D eigenvalue weighted by Gasteiger charge is -2.00. The highest BCUT2D eigenvalue weighted by molar-refractivity contribution is 7.08. The predicted octanol–water partition coefficient (Wildman–Crippen LogP) is 4.78. The van der Waals surface area contributed by atoms with Gasteiger partial charge in [0.05, 0.1) is 11.2 Å². The molecule has 0 fully saturated rings. The Morgan fingerprint density at radius 3 is 2.83 bits per heavy atom. The molecule has 0 N–H and O–H groups in total. The van der Waals surface area contributed by atoms with Crippen LogP contribution in [-0.2, 0) is 0 Å². The summed E-state index contributed by atoms with van der Waals surface area (Å²) in [5.74, 6) is 0. The Kier molecular flexibility index (Phi) is 2.95. The molecular weight excluding hydrogens is 238 g/mol. The van der Waals surface area contributed by atoms with Gasteiger partial charge in [-0.2, -0.15) is 11.3 Å². The van der Waals surface area contributed by atoms with Gasteiger partial charge in [0.15, 0.2) is 0 Å². The van der Waals surface area contributed by atoms with E-state index < -0.39 is 0 Å². The molecule has 0 aliphatic carbocycles. The van der Waals surface area contributed by atoms with Gasteiger partial charge in [0.25, 0.3) is 0 Å². The summed E-state index contributed by atoms with van der Waals surface area (Å²) in [6.45, 7) is 2.10. The van der Waals surface area contributed by atoms with E-state index in [1.807, 2.05) is 0 Å². The van der Waals surface area contributed by atoms with E-state index in [-0.39, 0.29) is 0 Å². The first-order valence-corrected chi connectivity index (χ1v) is 6.83. The zero-order chi connectivity index (χ0) is 12.4. The van der Waals surface area contributed by atoms with Crippen molar-refractivity contribution in [1.29, 1.82) is 0 Å². The maximum Gasteiger partial charge on any atom is 0.0709 e. The molecule has 18 heavy (non-hydrogen) atoms. The lowest BCUT2D eigenvalue weighted by atomic mass is 10.1. The zero-order valence-electron chi connectivity index (χ0n) is 10.1. The van der Waals surface area contributed by atoms with E-state index in [9.17, 15) is 0 Å². The van der Waals surface area contributed by atoms with Crippen LogP contribution < -0.4 is 0 Å². The molecular formula is C16H13NS. The number of fused-ring (bicyclic) bond motifs is 1. The fourth-order valence-corrected chi connectivity index (χ4v) is 2.53. The predicted molar refractivity (Wildman–Crippen MR) is 79.7 cm³/mol. The minimum Gasteiger partial charge on any atom is -0.248 e. The normalized spacial score (nSPS) is 11.4. The number of aryl methyl sites for hydroxylation is 1. The van der Waals surface area contributed by atoms with E-state index in [1.165, 1.54) is 16.5 Å². The standard InChI is InChI=1S/C16H13NS/c1-12-2-7-16-14(10-12)4-6-15(17-16)5-3-13-8-9-18-11-13/h2-11H,1H3. The highest BCUT2D eigenvalue weighted by atomic mass is 32.1. The van der Waals surface area contributed by atoms with E-state index >= 15 is 0 Å². The average Bonchev–Trinajstić information content (AvgIpc) is 2.89. The number of hydrogen-bond donors (Lipinski definition) is 0. The van der Waals surface area contributed by atoms with E-state index in [2.05, 4.69) is 71.2 Å². The molecule has 1 aromatic carbocycles. The van der Waals surface area contributed by atoms with Crippen molar-refractivity contribution in [1.82, 2.24) is 4.98 Å². The molecule has 0 bridgehead atoms. The van der Waals surface area contributed by atoms with Gasteiger partial charge >= 0.3 is 0 Å². The minimum atomic E-state index is 0.998. The second kappa shape index (κ2) is 4.75. The first-order chi connectivity index (χ1) is 8.81. The Balaban J connectivity index is 1.96. The Morgan fingerprint density at radius 2 is 2.00 bits per heavy atom. The SMILES string of the molecule is Cc1ccc2nc(C=Cc3ccsc3)ccc2c1. The molecule has 2 heteroatoms. The van der Waals surface area contributed by atoms with Gasteiger partial charge in [0.1, 0.15) is 0 Å². The van der Waals surface area contributed by atoms with E-state index in [0.29, 0.717) is 0 Å². The summed E-state index contributed by atoms with van der Waals surface area (Å²) in [6, 6.07) is 12.6. The highest BCUT2D eigenvalue weighted by Crippen LogP contribution is 2.16. The van der Waals surface area contributed by atoms with Gasteiger partial charge in [-0.3, -0.25) is 0 Å².